The van der Waals surface area contributed by atoms with Crippen LogP contribution in [0.2, 0.25) is 0 Å². The van der Waals surface area contributed by atoms with Crippen molar-refractivity contribution in [3.63, 3.8) is 0 Å². The van der Waals surface area contributed by atoms with Gasteiger partial charge in [0.05, 0.1) is 152 Å². The zero-order valence-corrected chi connectivity index (χ0v) is 33.4. The van der Waals surface area contributed by atoms with Gasteiger partial charge < -0.3 is 66.9 Å². The van der Waals surface area contributed by atoms with E-state index in [1.165, 1.54) is 22.3 Å². The van der Waals surface area contributed by atoms with Gasteiger partial charge in [-0.3, -0.25) is 0 Å². The first kappa shape index (κ1) is 48.2. The van der Waals surface area contributed by atoms with Crippen molar-refractivity contribution in [1.82, 2.24) is 5.32 Å². The molecule has 57 heavy (non-hydrogen) atoms. The third-order valence-corrected chi connectivity index (χ3v) is 8.14. The molecule has 3 rings (SSSR count). The predicted molar refractivity (Wildman–Crippen MR) is 212 cm³/mol. The maximum atomic E-state index is 12.2. The molecule has 0 radical (unpaired) electrons. The lowest BCUT2D eigenvalue weighted by atomic mass is 9.98. The third-order valence-electron chi connectivity index (χ3n) is 8.14. The molecule has 15 nitrogen and oxygen atoms in total. The Bertz CT molecular complexity index is 1270. The Balaban J connectivity index is 0.932. The SMILES string of the molecule is C#CCOCCOCCOCCOCCOCCOCCOCCOCCOCCOCCOCCOCCNC(=O)OCC1c2ccccc2-c2ccccc21. The molecule has 0 saturated carbocycles. The Morgan fingerprint density at radius 2 is 0.754 bits per heavy atom. The molecule has 320 valence electrons. The Morgan fingerprint density at radius 1 is 0.456 bits per heavy atom. The molecule has 1 aliphatic carbocycles. The van der Waals surface area contributed by atoms with E-state index in [4.69, 9.17) is 68.0 Å². The van der Waals surface area contributed by atoms with Crippen molar-refractivity contribution in [3.05, 3.63) is 59.7 Å². The second kappa shape index (κ2) is 34.8. The minimum atomic E-state index is -0.454. The predicted octanol–water partition coefficient (Wildman–Crippen LogP) is 3.36. The molecule has 0 saturated heterocycles. The molecule has 0 heterocycles. The number of benzene rings is 2. The first-order chi connectivity index (χ1) is 28.3. The molecule has 0 spiro atoms. The van der Waals surface area contributed by atoms with Crippen LogP contribution in [0.15, 0.2) is 48.5 Å². The van der Waals surface area contributed by atoms with Gasteiger partial charge in [-0.1, -0.05) is 54.5 Å². The summed E-state index contributed by atoms with van der Waals surface area (Å²) in [5, 5.41) is 2.74. The van der Waals surface area contributed by atoms with Crippen molar-refractivity contribution in [2.45, 2.75) is 5.92 Å². The van der Waals surface area contributed by atoms with Gasteiger partial charge in [-0.05, 0) is 22.3 Å². The minimum absolute atomic E-state index is 0.0344. The van der Waals surface area contributed by atoms with Gasteiger partial charge in [-0.25, -0.2) is 4.79 Å². The second-order valence-electron chi connectivity index (χ2n) is 12.2. The summed E-state index contributed by atoms with van der Waals surface area (Å²) in [6, 6.07) is 16.5. The van der Waals surface area contributed by atoms with E-state index in [2.05, 4.69) is 35.5 Å². The molecule has 1 amide bonds. The van der Waals surface area contributed by atoms with E-state index < -0.39 is 6.09 Å². The Hall–Kier alpha value is -3.21. The lowest BCUT2D eigenvalue weighted by Crippen LogP contribution is -2.29. The highest BCUT2D eigenvalue weighted by molar-refractivity contribution is 5.79. The zero-order chi connectivity index (χ0) is 40.1. The normalized spacial score (nSPS) is 12.1. The number of hydrogen-bond acceptors (Lipinski definition) is 14. The van der Waals surface area contributed by atoms with Crippen LogP contribution in [0.5, 0.6) is 0 Å². The van der Waals surface area contributed by atoms with Crippen LogP contribution in [0, 0.1) is 12.3 Å². The van der Waals surface area contributed by atoms with Crippen LogP contribution < -0.4 is 5.32 Å². The number of amides is 1. The number of alkyl carbamates (subject to hydrolysis) is 1. The van der Waals surface area contributed by atoms with E-state index >= 15 is 0 Å². The lowest BCUT2D eigenvalue weighted by molar-refractivity contribution is -0.0281. The maximum Gasteiger partial charge on any atom is 0.407 e. The minimum Gasteiger partial charge on any atom is -0.449 e. The van der Waals surface area contributed by atoms with Crippen molar-refractivity contribution in [2.24, 2.45) is 0 Å². The van der Waals surface area contributed by atoms with E-state index in [0.29, 0.717) is 165 Å². The van der Waals surface area contributed by atoms with Gasteiger partial charge in [0.15, 0.2) is 0 Å². The Labute approximate surface area is 338 Å². The third kappa shape index (κ3) is 23.7. The summed E-state index contributed by atoms with van der Waals surface area (Å²) in [6.45, 7) is 12.0. The van der Waals surface area contributed by atoms with Gasteiger partial charge in [-0.2, -0.15) is 0 Å². The first-order valence-corrected chi connectivity index (χ1v) is 19.8. The molecular formula is C42H63NO14. The molecule has 0 fully saturated rings. The number of carbonyl (C=O) groups excluding carboxylic acids is 1. The van der Waals surface area contributed by atoms with Crippen molar-refractivity contribution in [1.29, 1.82) is 0 Å². The van der Waals surface area contributed by atoms with Crippen LogP contribution in [0.3, 0.4) is 0 Å². The zero-order valence-electron chi connectivity index (χ0n) is 33.4. The Kier molecular flexibility index (Phi) is 29.4. The summed E-state index contributed by atoms with van der Waals surface area (Å²) in [4.78, 5) is 12.2. The number of terminal acetylenes is 1. The van der Waals surface area contributed by atoms with Crippen LogP contribution in [0.1, 0.15) is 17.0 Å². The summed E-state index contributed by atoms with van der Waals surface area (Å²) in [5.41, 5.74) is 4.77. The van der Waals surface area contributed by atoms with E-state index in [1.54, 1.807) is 0 Å². The smallest absolute Gasteiger partial charge is 0.407 e. The number of carbonyl (C=O) groups is 1. The number of ether oxygens (including phenoxy) is 13. The summed E-state index contributed by atoms with van der Waals surface area (Å²) in [5.74, 6) is 2.43. The highest BCUT2D eigenvalue weighted by Crippen LogP contribution is 2.44. The van der Waals surface area contributed by atoms with Crippen molar-refractivity contribution >= 4 is 6.09 Å². The van der Waals surface area contributed by atoms with Gasteiger partial charge in [0.25, 0.3) is 0 Å². The molecule has 15 heteroatoms. The monoisotopic (exact) mass is 805 g/mol. The van der Waals surface area contributed by atoms with Crippen molar-refractivity contribution in [3.8, 4) is 23.5 Å². The van der Waals surface area contributed by atoms with Crippen LogP contribution in [0.4, 0.5) is 4.79 Å². The molecule has 0 aliphatic heterocycles. The molecule has 0 atom stereocenters. The highest BCUT2D eigenvalue weighted by atomic mass is 16.6. The van der Waals surface area contributed by atoms with E-state index in [-0.39, 0.29) is 12.5 Å². The number of fused-ring (bicyclic) bond motifs is 3. The van der Waals surface area contributed by atoms with Crippen LogP contribution in [-0.4, -0.2) is 178 Å². The molecule has 1 N–H and O–H groups in total. The summed E-state index contributed by atoms with van der Waals surface area (Å²) >= 11 is 0. The molecule has 0 bridgehead atoms. The van der Waals surface area contributed by atoms with E-state index in [0.717, 1.165) is 0 Å². The molecular weight excluding hydrogens is 742 g/mol. The van der Waals surface area contributed by atoms with Crippen molar-refractivity contribution < 1.29 is 66.4 Å². The second-order valence-corrected chi connectivity index (χ2v) is 12.2. The van der Waals surface area contributed by atoms with Crippen LogP contribution >= 0.6 is 0 Å². The quantitative estimate of drug-likeness (QED) is 0.0778. The molecule has 0 unspecified atom stereocenters. The van der Waals surface area contributed by atoms with Gasteiger partial charge in [0.1, 0.15) is 13.2 Å². The average Bonchev–Trinajstić information content (AvgIpc) is 3.55. The first-order valence-electron chi connectivity index (χ1n) is 19.8. The molecule has 1 aliphatic rings. The topological polar surface area (TPSA) is 149 Å². The summed E-state index contributed by atoms with van der Waals surface area (Å²) < 4.78 is 70.9. The summed E-state index contributed by atoms with van der Waals surface area (Å²) in [6.07, 6.45) is 4.63. The van der Waals surface area contributed by atoms with E-state index in [1.807, 2.05) is 24.3 Å². The Morgan fingerprint density at radius 3 is 1.09 bits per heavy atom. The van der Waals surface area contributed by atoms with Gasteiger partial charge in [-0.15, -0.1) is 6.42 Å². The van der Waals surface area contributed by atoms with Gasteiger partial charge >= 0.3 is 6.09 Å². The largest absolute Gasteiger partial charge is 0.449 e. The standard InChI is InChI=1S/C42H63NO14/c1-2-12-45-14-16-47-18-20-49-22-24-51-26-28-53-30-32-55-34-35-56-33-31-54-29-27-52-25-23-50-21-19-48-17-15-46-13-11-43-42(44)57-36-41-39-9-5-3-7-37(39)38-8-4-6-10-40(38)41/h1,3-10,41H,11-36H2,(H,43,44). The maximum absolute atomic E-state index is 12.2. The average molecular weight is 806 g/mol. The molecule has 0 aromatic heterocycles. The number of nitrogens with one attached hydrogen (secondary N) is 1. The fourth-order valence-corrected chi connectivity index (χ4v) is 5.42. The van der Waals surface area contributed by atoms with Gasteiger partial charge in [0, 0.05) is 12.5 Å². The summed E-state index contributed by atoms with van der Waals surface area (Å²) in [7, 11) is 0. The molecule has 2 aromatic carbocycles. The van der Waals surface area contributed by atoms with Gasteiger partial charge in [0.2, 0.25) is 0 Å². The van der Waals surface area contributed by atoms with Crippen molar-refractivity contribution in [2.75, 3.05) is 172 Å². The van der Waals surface area contributed by atoms with Crippen LogP contribution in [0.25, 0.3) is 11.1 Å². The fourth-order valence-electron chi connectivity index (χ4n) is 5.42. The fraction of sp³-hybridized carbons (Fsp3) is 0.643. The van der Waals surface area contributed by atoms with E-state index in [9.17, 15) is 4.79 Å². The van der Waals surface area contributed by atoms with Crippen LogP contribution in [-0.2, 0) is 61.6 Å². The number of rotatable bonds is 39. The highest BCUT2D eigenvalue weighted by Gasteiger charge is 2.28. The molecule has 2 aromatic rings. The lowest BCUT2D eigenvalue weighted by Gasteiger charge is -2.14. The number of hydrogen-bond donors (Lipinski definition) is 1.